The van der Waals surface area contributed by atoms with Crippen LogP contribution in [0.4, 0.5) is 8.78 Å². The van der Waals surface area contributed by atoms with Crippen LogP contribution in [0, 0.1) is 23.5 Å². The lowest BCUT2D eigenvalue weighted by Crippen LogP contribution is -2.00. The van der Waals surface area contributed by atoms with E-state index in [1.807, 2.05) is 0 Å². The van der Waals surface area contributed by atoms with Gasteiger partial charge in [0.2, 0.25) is 0 Å². The van der Waals surface area contributed by atoms with E-state index in [1.165, 1.54) is 26.4 Å². The number of carboxylic acids is 2. The Labute approximate surface area is 172 Å². The highest BCUT2D eigenvalue weighted by Crippen LogP contribution is 2.49. The number of aliphatic carboxylic acids is 2. The number of benzene rings is 2. The van der Waals surface area contributed by atoms with Gasteiger partial charge in [0.25, 0.3) is 0 Å². The van der Waals surface area contributed by atoms with Crippen LogP contribution >= 0.6 is 0 Å². The first-order valence-electron chi connectivity index (χ1n) is 9.39. The number of hydrogen-bond donors (Lipinski definition) is 2. The summed E-state index contributed by atoms with van der Waals surface area (Å²) in [7, 11) is 2.93. The van der Waals surface area contributed by atoms with Gasteiger partial charge in [-0.05, 0) is 36.1 Å². The largest absolute Gasteiger partial charge is 0.497 e. The highest BCUT2D eigenvalue weighted by Gasteiger charge is 2.46. The maximum absolute atomic E-state index is 13.5. The summed E-state index contributed by atoms with van der Waals surface area (Å²) in [6, 6.07) is 9.06. The van der Waals surface area contributed by atoms with Gasteiger partial charge in [-0.25, -0.2) is 8.78 Å². The Morgan fingerprint density at radius 2 is 1.17 bits per heavy atom. The lowest BCUT2D eigenvalue weighted by atomic mass is 10.1. The van der Waals surface area contributed by atoms with E-state index in [1.54, 1.807) is 24.3 Å². The van der Waals surface area contributed by atoms with Gasteiger partial charge in [0, 0.05) is 24.0 Å². The van der Waals surface area contributed by atoms with E-state index < -0.39 is 23.8 Å². The number of methoxy groups -OCH3 is 2. The summed E-state index contributed by atoms with van der Waals surface area (Å²) in [6.45, 7) is 0. The van der Waals surface area contributed by atoms with E-state index >= 15 is 0 Å². The third-order valence-corrected chi connectivity index (χ3v) is 5.43. The molecule has 30 heavy (non-hydrogen) atoms. The molecule has 0 aliphatic heterocycles. The molecular formula is C22H22F2O6. The molecule has 4 rings (SSSR count). The first-order valence-corrected chi connectivity index (χ1v) is 9.39. The van der Waals surface area contributed by atoms with Crippen molar-refractivity contribution in [2.75, 3.05) is 14.2 Å². The molecule has 2 fully saturated rings. The lowest BCUT2D eigenvalue weighted by Gasteiger charge is -2.04. The van der Waals surface area contributed by atoms with Crippen LogP contribution in [0.5, 0.6) is 11.5 Å². The molecule has 0 aromatic heterocycles. The quantitative estimate of drug-likeness (QED) is 0.733. The van der Waals surface area contributed by atoms with Crippen LogP contribution in [0.3, 0.4) is 0 Å². The number of rotatable bonds is 6. The molecule has 0 spiro atoms. The number of ether oxygens (including phenoxy) is 2. The minimum atomic E-state index is -0.852. The third kappa shape index (κ3) is 4.69. The van der Waals surface area contributed by atoms with Crippen LogP contribution in [0.2, 0.25) is 0 Å². The zero-order valence-electron chi connectivity index (χ0n) is 16.5. The average molecular weight is 420 g/mol. The van der Waals surface area contributed by atoms with Crippen molar-refractivity contribution in [1.82, 2.24) is 0 Å². The molecule has 2 aliphatic rings. The maximum atomic E-state index is 13.5. The van der Waals surface area contributed by atoms with E-state index in [0.717, 1.165) is 0 Å². The first-order chi connectivity index (χ1) is 14.3. The summed E-state index contributed by atoms with van der Waals surface area (Å²) in [6.07, 6.45) is 1.05. The van der Waals surface area contributed by atoms with Crippen molar-refractivity contribution in [3.8, 4) is 11.5 Å². The number of carbonyl (C=O) groups is 2. The molecule has 0 heterocycles. The van der Waals surface area contributed by atoms with Crippen molar-refractivity contribution in [3.05, 3.63) is 59.2 Å². The summed E-state index contributed by atoms with van der Waals surface area (Å²) < 4.78 is 36.7. The lowest BCUT2D eigenvalue weighted by molar-refractivity contribution is -0.139. The molecule has 0 amide bonds. The highest BCUT2D eigenvalue weighted by molar-refractivity contribution is 5.75. The second kappa shape index (κ2) is 8.69. The molecule has 2 N–H and O–H groups in total. The molecule has 6 nitrogen and oxygen atoms in total. The fourth-order valence-corrected chi connectivity index (χ4v) is 3.49. The van der Waals surface area contributed by atoms with Crippen molar-refractivity contribution in [2.45, 2.75) is 24.7 Å². The van der Waals surface area contributed by atoms with Crippen LogP contribution in [-0.2, 0) is 9.59 Å². The minimum absolute atomic E-state index is 0.173. The number of carboxylic acid groups (broad SMARTS) is 2. The van der Waals surface area contributed by atoms with Crippen molar-refractivity contribution < 1.29 is 38.1 Å². The standard InChI is InChI=1S/2C11H11FO3/c2*1-15-6-2-3-7(10(12)4-6)8-5-9(8)11(13)14/h2*2-4,8-9H,5H2,1H3,(H,13,14). The molecular weight excluding hydrogens is 398 g/mol. The van der Waals surface area contributed by atoms with E-state index in [0.29, 0.717) is 35.5 Å². The summed E-state index contributed by atoms with van der Waals surface area (Å²) in [5.74, 6) is -2.77. The smallest absolute Gasteiger partial charge is 0.307 e. The second-order valence-corrected chi connectivity index (χ2v) is 7.35. The Bertz CT molecular complexity index is 883. The van der Waals surface area contributed by atoms with Crippen LogP contribution in [0.15, 0.2) is 36.4 Å². The summed E-state index contributed by atoms with van der Waals surface area (Å²) >= 11 is 0. The van der Waals surface area contributed by atoms with Gasteiger partial charge >= 0.3 is 11.9 Å². The van der Waals surface area contributed by atoms with Gasteiger partial charge in [0.05, 0.1) is 26.1 Å². The van der Waals surface area contributed by atoms with E-state index in [9.17, 15) is 18.4 Å². The predicted octanol–water partition coefficient (Wildman–Crippen LogP) is 4.04. The molecule has 160 valence electrons. The topological polar surface area (TPSA) is 93.1 Å². The molecule has 0 bridgehead atoms. The van der Waals surface area contributed by atoms with E-state index in [2.05, 4.69) is 0 Å². The van der Waals surface area contributed by atoms with Crippen molar-refractivity contribution in [1.29, 1.82) is 0 Å². The van der Waals surface area contributed by atoms with Crippen LogP contribution < -0.4 is 9.47 Å². The molecule has 4 unspecified atom stereocenters. The molecule has 4 atom stereocenters. The molecule has 8 heteroatoms. The molecule has 2 aromatic rings. The fourth-order valence-electron chi connectivity index (χ4n) is 3.49. The number of halogens is 2. The number of hydrogen-bond acceptors (Lipinski definition) is 4. The molecule has 0 radical (unpaired) electrons. The Morgan fingerprint density at radius 3 is 1.40 bits per heavy atom. The Hall–Kier alpha value is -3.16. The Morgan fingerprint density at radius 1 is 0.800 bits per heavy atom. The van der Waals surface area contributed by atoms with Crippen LogP contribution in [0.1, 0.15) is 35.8 Å². The Kier molecular flexibility index (Phi) is 6.24. The average Bonchev–Trinajstić information content (AvgIpc) is 3.61. The molecule has 2 aliphatic carbocycles. The minimum Gasteiger partial charge on any atom is -0.497 e. The van der Waals surface area contributed by atoms with Gasteiger partial charge in [0.1, 0.15) is 23.1 Å². The summed E-state index contributed by atoms with van der Waals surface area (Å²) in [5, 5.41) is 17.5. The van der Waals surface area contributed by atoms with E-state index in [-0.39, 0.29) is 23.5 Å². The third-order valence-electron chi connectivity index (χ3n) is 5.43. The Balaban J connectivity index is 0.000000171. The zero-order chi connectivity index (χ0) is 22.0. The van der Waals surface area contributed by atoms with Crippen molar-refractivity contribution in [3.63, 3.8) is 0 Å². The fraction of sp³-hybridized carbons (Fsp3) is 0.364. The van der Waals surface area contributed by atoms with Gasteiger partial charge < -0.3 is 19.7 Å². The second-order valence-electron chi connectivity index (χ2n) is 7.35. The first kappa shape index (κ1) is 21.5. The summed E-state index contributed by atoms with van der Waals surface area (Å²) in [4.78, 5) is 21.3. The van der Waals surface area contributed by atoms with Gasteiger partial charge in [-0.15, -0.1) is 0 Å². The molecule has 2 saturated carbocycles. The van der Waals surface area contributed by atoms with Crippen molar-refractivity contribution in [2.24, 2.45) is 11.8 Å². The van der Waals surface area contributed by atoms with E-state index in [4.69, 9.17) is 19.7 Å². The predicted molar refractivity (Wildman–Crippen MR) is 103 cm³/mol. The van der Waals surface area contributed by atoms with Gasteiger partial charge in [-0.2, -0.15) is 0 Å². The van der Waals surface area contributed by atoms with Gasteiger partial charge in [-0.3, -0.25) is 9.59 Å². The SMILES string of the molecule is COc1ccc(C2CC2C(=O)O)c(F)c1.COc1ccc(C2CC2C(=O)O)c(F)c1. The van der Waals surface area contributed by atoms with Gasteiger partial charge in [-0.1, -0.05) is 12.1 Å². The van der Waals surface area contributed by atoms with Crippen LogP contribution in [-0.4, -0.2) is 36.4 Å². The van der Waals surface area contributed by atoms with Crippen molar-refractivity contribution >= 4 is 11.9 Å². The highest BCUT2D eigenvalue weighted by atomic mass is 19.1. The van der Waals surface area contributed by atoms with Gasteiger partial charge in [0.15, 0.2) is 0 Å². The monoisotopic (exact) mass is 420 g/mol. The normalized spacial score (nSPS) is 23.6. The summed E-state index contributed by atoms with van der Waals surface area (Å²) in [5.41, 5.74) is 0.950. The molecule has 2 aromatic carbocycles. The molecule has 0 saturated heterocycles. The zero-order valence-corrected chi connectivity index (χ0v) is 16.5. The van der Waals surface area contributed by atoms with Crippen LogP contribution in [0.25, 0.3) is 0 Å². The maximum Gasteiger partial charge on any atom is 0.307 e.